The number of hydrogen-bond donors (Lipinski definition) is 1. The highest BCUT2D eigenvalue weighted by atomic mass is 35.5. The molecule has 1 saturated carbocycles. The first-order chi connectivity index (χ1) is 10.1. The van der Waals surface area contributed by atoms with Gasteiger partial charge in [0.2, 0.25) is 0 Å². The van der Waals surface area contributed by atoms with Gasteiger partial charge in [0.1, 0.15) is 5.15 Å². The highest BCUT2D eigenvalue weighted by Gasteiger charge is 2.23. The lowest BCUT2D eigenvalue weighted by molar-refractivity contribution is -0.125. The van der Waals surface area contributed by atoms with Crippen molar-refractivity contribution in [1.29, 1.82) is 0 Å². The average molecular weight is 311 g/mol. The van der Waals surface area contributed by atoms with Gasteiger partial charge in [0, 0.05) is 12.2 Å². The molecule has 21 heavy (non-hydrogen) atoms. The molecule has 0 aliphatic heterocycles. The zero-order valence-corrected chi connectivity index (χ0v) is 12.7. The van der Waals surface area contributed by atoms with E-state index in [-0.39, 0.29) is 29.3 Å². The molecule has 6 heteroatoms. The van der Waals surface area contributed by atoms with E-state index in [1.165, 1.54) is 24.8 Å². The van der Waals surface area contributed by atoms with E-state index in [0.29, 0.717) is 5.92 Å². The second kappa shape index (κ2) is 7.41. The first kappa shape index (κ1) is 15.8. The summed E-state index contributed by atoms with van der Waals surface area (Å²) in [4.78, 5) is 27.4. The number of ether oxygens (including phenoxy) is 1. The normalized spacial score (nSPS) is 21.6. The Morgan fingerprint density at radius 2 is 2.19 bits per heavy atom. The molecule has 114 valence electrons. The first-order valence-electron chi connectivity index (χ1n) is 7.14. The minimum atomic E-state index is -0.578. The molecule has 1 aromatic rings. The number of nitrogens with zero attached hydrogens (tertiary/aromatic N) is 1. The summed E-state index contributed by atoms with van der Waals surface area (Å²) in [5.74, 6) is -0.370. The summed E-state index contributed by atoms with van der Waals surface area (Å²) >= 11 is 5.70. The summed E-state index contributed by atoms with van der Waals surface area (Å²) in [6, 6.07) is 3.08. The molecule has 1 fully saturated rings. The lowest BCUT2D eigenvalue weighted by atomic mass is 9.86. The van der Waals surface area contributed by atoms with E-state index in [2.05, 4.69) is 17.2 Å². The fourth-order valence-corrected chi connectivity index (χ4v) is 2.70. The lowest BCUT2D eigenvalue weighted by Gasteiger charge is -2.29. The number of carbonyl (C=O) groups excluding carboxylic acids is 2. The van der Waals surface area contributed by atoms with Crippen LogP contribution in [0.25, 0.3) is 0 Å². The zero-order valence-electron chi connectivity index (χ0n) is 12.0. The Hall–Kier alpha value is -1.62. The summed E-state index contributed by atoms with van der Waals surface area (Å²) in [5.41, 5.74) is 0.286. The van der Waals surface area contributed by atoms with Crippen LogP contribution in [0.3, 0.4) is 0 Å². The van der Waals surface area contributed by atoms with Gasteiger partial charge in [0.25, 0.3) is 5.91 Å². The van der Waals surface area contributed by atoms with Crippen molar-refractivity contribution < 1.29 is 14.3 Å². The largest absolute Gasteiger partial charge is 0.452 e. The van der Waals surface area contributed by atoms with Crippen LogP contribution in [0.5, 0.6) is 0 Å². The van der Waals surface area contributed by atoms with Crippen molar-refractivity contribution in [1.82, 2.24) is 10.3 Å². The zero-order chi connectivity index (χ0) is 15.2. The molecule has 2 unspecified atom stereocenters. The fourth-order valence-electron chi connectivity index (χ4n) is 2.52. The fraction of sp³-hybridized carbons (Fsp3) is 0.533. The summed E-state index contributed by atoms with van der Waals surface area (Å²) in [6.07, 6.45) is 5.87. The molecule has 1 amide bonds. The van der Waals surface area contributed by atoms with Crippen LogP contribution in [-0.2, 0) is 9.53 Å². The summed E-state index contributed by atoms with van der Waals surface area (Å²) in [7, 11) is 0. The van der Waals surface area contributed by atoms with E-state index in [0.717, 1.165) is 19.3 Å². The van der Waals surface area contributed by atoms with Crippen molar-refractivity contribution in [2.24, 2.45) is 5.92 Å². The number of halogens is 1. The molecule has 1 N–H and O–H groups in total. The number of rotatable bonds is 4. The first-order valence-corrected chi connectivity index (χ1v) is 7.52. The second-order valence-electron chi connectivity index (χ2n) is 5.38. The molecule has 1 aromatic heterocycles. The predicted molar refractivity (Wildman–Crippen MR) is 79.1 cm³/mol. The topological polar surface area (TPSA) is 68.3 Å². The van der Waals surface area contributed by atoms with Crippen LogP contribution in [0.15, 0.2) is 18.3 Å². The standard InChI is InChI=1S/C15H19ClN2O3/c1-10-4-2-3-5-12(10)18-14(19)9-21-15(20)11-6-7-17-13(16)8-11/h6-8,10,12H,2-5,9H2,1H3,(H,18,19). The number of carbonyl (C=O) groups is 2. The van der Waals surface area contributed by atoms with Gasteiger partial charge in [-0.05, 0) is 30.9 Å². The highest BCUT2D eigenvalue weighted by Crippen LogP contribution is 2.23. The monoisotopic (exact) mass is 310 g/mol. The number of amides is 1. The molecule has 0 aromatic carbocycles. The maximum Gasteiger partial charge on any atom is 0.338 e. The van der Waals surface area contributed by atoms with E-state index in [4.69, 9.17) is 16.3 Å². The maximum absolute atomic E-state index is 11.8. The molecule has 2 rings (SSSR count). The van der Waals surface area contributed by atoms with Crippen LogP contribution in [0.1, 0.15) is 43.0 Å². The molecule has 0 saturated heterocycles. The number of nitrogens with one attached hydrogen (secondary N) is 1. The van der Waals surface area contributed by atoms with E-state index in [9.17, 15) is 9.59 Å². The molecule has 0 radical (unpaired) electrons. The molecule has 0 spiro atoms. The van der Waals surface area contributed by atoms with Gasteiger partial charge in [-0.1, -0.05) is 31.4 Å². The van der Waals surface area contributed by atoms with Crippen molar-refractivity contribution in [2.75, 3.05) is 6.61 Å². The molecule has 5 nitrogen and oxygen atoms in total. The molecule has 1 aliphatic rings. The van der Waals surface area contributed by atoms with Crippen molar-refractivity contribution in [3.63, 3.8) is 0 Å². The molecule has 1 heterocycles. The van der Waals surface area contributed by atoms with Gasteiger partial charge in [-0.15, -0.1) is 0 Å². The quantitative estimate of drug-likeness (QED) is 0.685. The number of hydrogen-bond acceptors (Lipinski definition) is 4. The van der Waals surface area contributed by atoms with Crippen LogP contribution < -0.4 is 5.32 Å². The third kappa shape index (κ3) is 4.70. The molecule has 2 atom stereocenters. The molecular weight excluding hydrogens is 292 g/mol. The molecule has 0 bridgehead atoms. The van der Waals surface area contributed by atoms with E-state index < -0.39 is 5.97 Å². The lowest BCUT2D eigenvalue weighted by Crippen LogP contribution is -2.42. The van der Waals surface area contributed by atoms with Crippen LogP contribution in [-0.4, -0.2) is 29.5 Å². The maximum atomic E-state index is 11.8. The van der Waals surface area contributed by atoms with Crippen molar-refractivity contribution in [3.05, 3.63) is 29.0 Å². The second-order valence-corrected chi connectivity index (χ2v) is 5.77. The van der Waals surface area contributed by atoms with E-state index in [1.807, 2.05) is 0 Å². The smallest absolute Gasteiger partial charge is 0.338 e. The van der Waals surface area contributed by atoms with Gasteiger partial charge in [-0.3, -0.25) is 4.79 Å². The Labute approximate surface area is 129 Å². The predicted octanol–water partition coefficient (Wildman–Crippen LogP) is 2.59. The number of aromatic nitrogens is 1. The van der Waals surface area contributed by atoms with Gasteiger partial charge in [-0.2, -0.15) is 0 Å². The van der Waals surface area contributed by atoms with Gasteiger partial charge in [0.15, 0.2) is 6.61 Å². The van der Waals surface area contributed by atoms with Crippen molar-refractivity contribution in [2.45, 2.75) is 38.6 Å². The van der Waals surface area contributed by atoms with Crippen LogP contribution >= 0.6 is 11.6 Å². The SMILES string of the molecule is CC1CCCCC1NC(=O)COC(=O)c1ccnc(Cl)c1. The minimum absolute atomic E-state index is 0.181. The van der Waals surface area contributed by atoms with Gasteiger partial charge >= 0.3 is 5.97 Å². The van der Waals surface area contributed by atoms with E-state index >= 15 is 0 Å². The van der Waals surface area contributed by atoms with E-state index in [1.54, 1.807) is 0 Å². The number of pyridine rings is 1. The Balaban J connectivity index is 1.79. The van der Waals surface area contributed by atoms with Gasteiger partial charge in [-0.25, -0.2) is 9.78 Å². The summed E-state index contributed by atoms with van der Waals surface area (Å²) < 4.78 is 4.98. The number of esters is 1. The van der Waals surface area contributed by atoms with Gasteiger partial charge < -0.3 is 10.1 Å². The Morgan fingerprint density at radius 1 is 1.43 bits per heavy atom. The molecule has 1 aliphatic carbocycles. The molecular formula is C15H19ClN2O3. The minimum Gasteiger partial charge on any atom is -0.452 e. The Kier molecular flexibility index (Phi) is 5.56. The average Bonchev–Trinajstić information content (AvgIpc) is 2.47. The van der Waals surface area contributed by atoms with Crippen LogP contribution in [0.2, 0.25) is 5.15 Å². The van der Waals surface area contributed by atoms with Crippen LogP contribution in [0, 0.1) is 5.92 Å². The van der Waals surface area contributed by atoms with Crippen molar-refractivity contribution in [3.8, 4) is 0 Å². The highest BCUT2D eigenvalue weighted by molar-refractivity contribution is 6.29. The Morgan fingerprint density at radius 3 is 2.90 bits per heavy atom. The third-order valence-electron chi connectivity index (χ3n) is 3.75. The summed E-state index contributed by atoms with van der Waals surface area (Å²) in [5, 5.41) is 3.15. The van der Waals surface area contributed by atoms with Gasteiger partial charge in [0.05, 0.1) is 5.56 Å². The van der Waals surface area contributed by atoms with Crippen molar-refractivity contribution >= 4 is 23.5 Å². The third-order valence-corrected chi connectivity index (χ3v) is 3.96. The summed E-state index contributed by atoms with van der Waals surface area (Å²) in [6.45, 7) is 1.86. The van der Waals surface area contributed by atoms with Crippen LogP contribution in [0.4, 0.5) is 0 Å². The Bertz CT molecular complexity index is 521.